The van der Waals surface area contributed by atoms with Gasteiger partial charge in [0.1, 0.15) is 24.4 Å². The maximum Gasteiger partial charge on any atom is 0.184 e. The van der Waals surface area contributed by atoms with Crippen LogP contribution in [0.1, 0.15) is 17.4 Å². The Balaban J connectivity index is 1.54. The van der Waals surface area contributed by atoms with Gasteiger partial charge in [-0.15, -0.1) is 0 Å². The topological polar surface area (TPSA) is 106 Å². The molecule has 4 rings (SSSR count). The SMILES string of the molecule is [N-]=[N+]=N[C@@H]1O[C@@H]2COC(c3ccccc3)O[C@H]2[C@H](OCc2ccccc2)[C@H]1O. The van der Waals surface area contributed by atoms with Crippen molar-refractivity contribution in [1.82, 2.24) is 0 Å². The van der Waals surface area contributed by atoms with E-state index < -0.39 is 36.9 Å². The van der Waals surface area contributed by atoms with E-state index in [-0.39, 0.29) is 13.2 Å². The van der Waals surface area contributed by atoms with Crippen LogP contribution in [0.5, 0.6) is 0 Å². The Morgan fingerprint density at radius 2 is 1.79 bits per heavy atom. The Morgan fingerprint density at radius 1 is 1.07 bits per heavy atom. The summed E-state index contributed by atoms with van der Waals surface area (Å²) in [5.74, 6) is 0. The first-order valence-electron chi connectivity index (χ1n) is 9.11. The summed E-state index contributed by atoms with van der Waals surface area (Å²) in [7, 11) is 0. The Kier molecular flexibility index (Phi) is 5.87. The number of fused-ring (bicyclic) bond motifs is 1. The van der Waals surface area contributed by atoms with Crippen LogP contribution in [0, 0.1) is 0 Å². The quantitative estimate of drug-likeness (QED) is 0.485. The molecule has 2 heterocycles. The van der Waals surface area contributed by atoms with Crippen LogP contribution >= 0.6 is 0 Å². The number of hydrogen-bond acceptors (Lipinski definition) is 6. The average molecular weight is 383 g/mol. The second-order valence-electron chi connectivity index (χ2n) is 6.70. The normalized spacial score (nSPS) is 32.2. The number of aliphatic hydroxyl groups is 1. The van der Waals surface area contributed by atoms with Gasteiger partial charge in [0.2, 0.25) is 0 Å². The third kappa shape index (κ3) is 4.02. The number of rotatable bonds is 5. The first-order chi connectivity index (χ1) is 13.8. The lowest BCUT2D eigenvalue weighted by Gasteiger charge is -2.47. The molecule has 146 valence electrons. The van der Waals surface area contributed by atoms with Crippen LogP contribution in [-0.2, 0) is 25.6 Å². The molecule has 2 aromatic rings. The van der Waals surface area contributed by atoms with Gasteiger partial charge in [-0.25, -0.2) is 0 Å². The van der Waals surface area contributed by atoms with Gasteiger partial charge in [-0.3, -0.25) is 0 Å². The van der Waals surface area contributed by atoms with Gasteiger partial charge in [0.15, 0.2) is 12.5 Å². The lowest BCUT2D eigenvalue weighted by atomic mass is 9.97. The molecule has 0 amide bonds. The van der Waals surface area contributed by atoms with E-state index in [0.717, 1.165) is 11.1 Å². The minimum Gasteiger partial charge on any atom is -0.387 e. The molecule has 8 heteroatoms. The molecule has 2 aromatic carbocycles. The predicted molar refractivity (Wildman–Crippen MR) is 98.8 cm³/mol. The molecule has 0 radical (unpaired) electrons. The van der Waals surface area contributed by atoms with Gasteiger partial charge >= 0.3 is 0 Å². The summed E-state index contributed by atoms with van der Waals surface area (Å²) >= 11 is 0. The molecular weight excluding hydrogens is 362 g/mol. The van der Waals surface area contributed by atoms with Crippen LogP contribution in [-0.4, -0.2) is 42.4 Å². The second kappa shape index (κ2) is 8.70. The number of aliphatic hydroxyl groups excluding tert-OH is 1. The van der Waals surface area contributed by atoms with Gasteiger partial charge < -0.3 is 24.1 Å². The van der Waals surface area contributed by atoms with Gasteiger partial charge in [-0.1, -0.05) is 65.8 Å². The number of azide groups is 1. The Hall–Kier alpha value is -2.45. The summed E-state index contributed by atoms with van der Waals surface area (Å²) in [5, 5.41) is 14.3. The minimum absolute atomic E-state index is 0.236. The third-order valence-corrected chi connectivity index (χ3v) is 4.85. The van der Waals surface area contributed by atoms with Crippen molar-refractivity contribution in [3.05, 3.63) is 82.2 Å². The van der Waals surface area contributed by atoms with E-state index in [2.05, 4.69) is 10.0 Å². The zero-order chi connectivity index (χ0) is 19.3. The first-order valence-corrected chi connectivity index (χ1v) is 9.11. The molecule has 8 nitrogen and oxygen atoms in total. The van der Waals surface area contributed by atoms with E-state index in [9.17, 15) is 5.11 Å². The van der Waals surface area contributed by atoms with Crippen molar-refractivity contribution >= 4 is 0 Å². The molecule has 0 bridgehead atoms. The molecule has 2 saturated heterocycles. The second-order valence-corrected chi connectivity index (χ2v) is 6.70. The number of nitrogens with zero attached hydrogens (tertiary/aromatic N) is 3. The summed E-state index contributed by atoms with van der Waals surface area (Å²) in [5.41, 5.74) is 10.6. The molecule has 2 aliphatic rings. The third-order valence-electron chi connectivity index (χ3n) is 4.85. The summed E-state index contributed by atoms with van der Waals surface area (Å²) in [6, 6.07) is 19.2. The molecule has 2 fully saturated rings. The molecule has 1 N–H and O–H groups in total. The van der Waals surface area contributed by atoms with Crippen LogP contribution in [0.4, 0.5) is 0 Å². The molecular formula is C20H21N3O5. The Morgan fingerprint density at radius 3 is 2.50 bits per heavy atom. The average Bonchev–Trinajstić information content (AvgIpc) is 2.75. The predicted octanol–water partition coefficient (Wildman–Crippen LogP) is 3.08. The highest BCUT2D eigenvalue weighted by Gasteiger charge is 2.49. The van der Waals surface area contributed by atoms with Crippen molar-refractivity contribution in [2.45, 2.75) is 43.5 Å². The van der Waals surface area contributed by atoms with E-state index in [0.29, 0.717) is 0 Å². The summed E-state index contributed by atoms with van der Waals surface area (Å²) in [6.45, 7) is 0.522. The van der Waals surface area contributed by atoms with Crippen LogP contribution in [0.25, 0.3) is 10.4 Å². The van der Waals surface area contributed by atoms with E-state index in [1.54, 1.807) is 0 Å². The molecule has 28 heavy (non-hydrogen) atoms. The van der Waals surface area contributed by atoms with Crippen LogP contribution in [0.15, 0.2) is 65.8 Å². The van der Waals surface area contributed by atoms with Crippen molar-refractivity contribution in [3.8, 4) is 0 Å². The maximum atomic E-state index is 10.7. The highest BCUT2D eigenvalue weighted by Crippen LogP contribution is 2.35. The molecule has 2 aliphatic heterocycles. The van der Waals surface area contributed by atoms with Gasteiger partial charge in [-0.2, -0.15) is 0 Å². The monoisotopic (exact) mass is 383 g/mol. The maximum absolute atomic E-state index is 10.7. The number of ether oxygens (including phenoxy) is 4. The fourth-order valence-electron chi connectivity index (χ4n) is 3.46. The summed E-state index contributed by atoms with van der Waals surface area (Å²) in [6.07, 6.45) is -4.62. The lowest BCUT2D eigenvalue weighted by Crippen LogP contribution is -2.61. The van der Waals surface area contributed by atoms with Gasteiger partial charge in [0, 0.05) is 10.5 Å². The van der Waals surface area contributed by atoms with Crippen molar-refractivity contribution in [2.24, 2.45) is 5.11 Å². The van der Waals surface area contributed by atoms with Gasteiger partial charge in [-0.05, 0) is 11.1 Å². The van der Waals surface area contributed by atoms with E-state index in [1.807, 2.05) is 60.7 Å². The zero-order valence-electron chi connectivity index (χ0n) is 15.1. The van der Waals surface area contributed by atoms with Crippen LogP contribution in [0.3, 0.4) is 0 Å². The summed E-state index contributed by atoms with van der Waals surface area (Å²) in [4.78, 5) is 2.77. The molecule has 0 saturated carbocycles. The fourth-order valence-corrected chi connectivity index (χ4v) is 3.46. The van der Waals surface area contributed by atoms with Crippen molar-refractivity contribution in [2.75, 3.05) is 6.61 Å². The molecule has 6 atom stereocenters. The smallest absolute Gasteiger partial charge is 0.184 e. The molecule has 0 aromatic heterocycles. The highest BCUT2D eigenvalue weighted by molar-refractivity contribution is 5.17. The highest BCUT2D eigenvalue weighted by atomic mass is 16.7. The minimum atomic E-state index is -1.16. The van der Waals surface area contributed by atoms with Crippen LogP contribution < -0.4 is 0 Å². The van der Waals surface area contributed by atoms with Crippen molar-refractivity contribution in [3.63, 3.8) is 0 Å². The number of benzene rings is 2. The largest absolute Gasteiger partial charge is 0.387 e. The zero-order valence-corrected chi connectivity index (χ0v) is 15.1. The van der Waals surface area contributed by atoms with Crippen LogP contribution in [0.2, 0.25) is 0 Å². The Bertz CT molecular complexity index is 815. The fraction of sp³-hybridized carbons (Fsp3) is 0.400. The van der Waals surface area contributed by atoms with Gasteiger partial charge in [0.05, 0.1) is 13.2 Å². The molecule has 0 aliphatic carbocycles. The lowest BCUT2D eigenvalue weighted by molar-refractivity contribution is -0.334. The first kappa shape index (κ1) is 18.9. The van der Waals surface area contributed by atoms with E-state index in [1.165, 1.54) is 0 Å². The Labute approximate surface area is 162 Å². The standard InChI is InChI=1S/C20H21N3O5/c21-23-22-19-16(24)18(25-11-13-7-3-1-4-8-13)17-15(27-19)12-26-20(28-17)14-9-5-2-6-10-14/h1-10,15-20,24H,11-12H2/t15-,16-,17-,18-,19-,20?/m1/s1. The van der Waals surface area contributed by atoms with Crippen molar-refractivity contribution < 1.29 is 24.1 Å². The summed E-state index contributed by atoms with van der Waals surface area (Å²) < 4.78 is 23.6. The van der Waals surface area contributed by atoms with Crippen molar-refractivity contribution in [1.29, 1.82) is 0 Å². The number of hydrogen-bond donors (Lipinski definition) is 1. The molecule has 1 unspecified atom stereocenters. The van der Waals surface area contributed by atoms with Gasteiger partial charge in [0.25, 0.3) is 0 Å². The van der Waals surface area contributed by atoms with E-state index >= 15 is 0 Å². The molecule has 0 spiro atoms. The van der Waals surface area contributed by atoms with E-state index in [4.69, 9.17) is 24.5 Å².